The lowest BCUT2D eigenvalue weighted by molar-refractivity contribution is -0.161. The number of aliphatic hydroxyl groups excluding tert-OH is 1. The first kappa shape index (κ1) is 98.5. The van der Waals surface area contributed by atoms with Crippen LogP contribution in [-0.4, -0.2) is 96.7 Å². The molecule has 3 N–H and O–H groups in total. The van der Waals surface area contributed by atoms with Crippen LogP contribution in [0.25, 0.3) is 0 Å². The zero-order chi connectivity index (χ0) is 74.2. The normalized spacial score (nSPS) is 14.3. The van der Waals surface area contributed by atoms with E-state index in [1.807, 2.05) is 0 Å². The minimum Gasteiger partial charge on any atom is -0.462 e. The molecule has 0 bridgehead atoms. The predicted octanol–water partition coefficient (Wildman–Crippen LogP) is 24.2. The Morgan fingerprint density at radius 1 is 0.327 bits per heavy atom. The second kappa shape index (κ2) is 73.1. The Kier molecular flexibility index (Phi) is 71.3. The molecular formula is C82H156O17P2. The first-order chi connectivity index (χ1) is 48.9. The SMILES string of the molecule is CCCCCC/C=C\C=C/CCCCCCCC(=O)O[C@H](COC(=O)CCCCCCCCCCC(C)CC)COP(=O)(O)OC[C@H](O)COP(=O)(O)OC[C@@H](COC(=O)CCCCCCCCCCCCCCCCCC)OC(=O)CCCCCCCCCCCCCCCCCC(C)C. The number of unbranched alkanes of at least 4 members (excludes halogenated alkanes) is 45. The van der Waals surface area contributed by atoms with Gasteiger partial charge in [0, 0.05) is 25.7 Å². The number of phosphoric acid groups is 2. The third-order valence-electron chi connectivity index (χ3n) is 18.9. The van der Waals surface area contributed by atoms with Crippen molar-refractivity contribution in [2.24, 2.45) is 11.8 Å². The molecule has 0 fully saturated rings. The fraction of sp³-hybridized carbons (Fsp3) is 0.902. The van der Waals surface area contributed by atoms with E-state index in [9.17, 15) is 43.2 Å². The number of hydrogen-bond acceptors (Lipinski definition) is 15. The molecule has 0 aliphatic carbocycles. The van der Waals surface area contributed by atoms with Gasteiger partial charge in [-0.3, -0.25) is 37.3 Å². The number of allylic oxidation sites excluding steroid dienone is 4. The van der Waals surface area contributed by atoms with Crippen LogP contribution in [0.15, 0.2) is 24.3 Å². The summed E-state index contributed by atoms with van der Waals surface area (Å²) in [6, 6.07) is 0. The van der Waals surface area contributed by atoms with Gasteiger partial charge in [-0.1, -0.05) is 355 Å². The summed E-state index contributed by atoms with van der Waals surface area (Å²) in [6.45, 7) is 9.60. The molecule has 0 amide bonds. The summed E-state index contributed by atoms with van der Waals surface area (Å²) in [7, 11) is -9.94. The minimum atomic E-state index is -4.97. The highest BCUT2D eigenvalue weighted by molar-refractivity contribution is 7.47. The first-order valence-electron chi connectivity index (χ1n) is 41.8. The van der Waals surface area contributed by atoms with E-state index in [0.29, 0.717) is 25.7 Å². The highest BCUT2D eigenvalue weighted by Crippen LogP contribution is 2.45. The number of carbonyl (C=O) groups is 4. The number of hydrogen-bond donors (Lipinski definition) is 3. The maximum atomic E-state index is 13.1. The van der Waals surface area contributed by atoms with E-state index in [4.69, 9.17) is 37.0 Å². The van der Waals surface area contributed by atoms with Crippen LogP contribution in [0.3, 0.4) is 0 Å². The maximum absolute atomic E-state index is 13.1. The second-order valence-corrected chi connectivity index (χ2v) is 32.5. The topological polar surface area (TPSA) is 237 Å². The van der Waals surface area contributed by atoms with Gasteiger partial charge in [-0.15, -0.1) is 0 Å². The molecule has 0 aromatic carbocycles. The third-order valence-corrected chi connectivity index (χ3v) is 20.8. The summed E-state index contributed by atoms with van der Waals surface area (Å²) in [5.74, 6) is -0.561. The molecule has 101 heavy (non-hydrogen) atoms. The first-order valence-corrected chi connectivity index (χ1v) is 44.8. The monoisotopic (exact) mass is 1480 g/mol. The summed E-state index contributed by atoms with van der Waals surface area (Å²) in [5.41, 5.74) is 0. The fourth-order valence-electron chi connectivity index (χ4n) is 12.1. The Morgan fingerprint density at radius 3 is 0.891 bits per heavy atom. The summed E-state index contributed by atoms with van der Waals surface area (Å²) in [6.07, 6.45) is 65.9. The van der Waals surface area contributed by atoms with E-state index in [-0.39, 0.29) is 25.7 Å². The fourth-order valence-corrected chi connectivity index (χ4v) is 13.7. The van der Waals surface area contributed by atoms with E-state index >= 15 is 0 Å². The maximum Gasteiger partial charge on any atom is 0.472 e. The number of ether oxygens (including phenoxy) is 4. The molecule has 0 aliphatic rings. The van der Waals surface area contributed by atoms with E-state index in [1.165, 1.54) is 212 Å². The Morgan fingerprint density at radius 2 is 0.584 bits per heavy atom. The molecule has 0 heterocycles. The lowest BCUT2D eigenvalue weighted by Crippen LogP contribution is -2.30. The number of aliphatic hydroxyl groups is 1. The van der Waals surface area contributed by atoms with E-state index < -0.39 is 97.5 Å². The third kappa shape index (κ3) is 74.2. The molecule has 19 heteroatoms. The average molecular weight is 1480 g/mol. The van der Waals surface area contributed by atoms with Gasteiger partial charge in [-0.25, -0.2) is 9.13 Å². The Hall–Kier alpha value is -2.46. The Labute approximate surface area is 618 Å². The smallest absolute Gasteiger partial charge is 0.462 e. The quantitative estimate of drug-likeness (QED) is 0.0169. The van der Waals surface area contributed by atoms with Crippen molar-refractivity contribution >= 4 is 39.5 Å². The van der Waals surface area contributed by atoms with Crippen LogP contribution >= 0.6 is 15.6 Å². The highest BCUT2D eigenvalue weighted by Gasteiger charge is 2.30. The average Bonchev–Trinajstić information content (AvgIpc) is 0.952. The molecule has 0 aromatic rings. The molecule has 0 aliphatic heterocycles. The minimum absolute atomic E-state index is 0.0848. The molecule has 0 saturated carbocycles. The van der Waals surface area contributed by atoms with Crippen molar-refractivity contribution in [3.05, 3.63) is 24.3 Å². The Bertz CT molecular complexity index is 2040. The van der Waals surface area contributed by atoms with E-state index in [0.717, 1.165) is 115 Å². The van der Waals surface area contributed by atoms with Crippen LogP contribution in [-0.2, 0) is 65.4 Å². The number of esters is 4. The number of phosphoric ester groups is 2. The van der Waals surface area contributed by atoms with Gasteiger partial charge in [0.15, 0.2) is 12.2 Å². The standard InChI is InChI=1S/C82H156O17P2/c1-7-10-12-14-16-18-20-22-24-28-31-35-39-46-52-58-64-79(84)92-70-77(98-81(86)67-61-55-49-41-37-33-29-25-27-30-34-38-44-50-56-62-74(4)5)72-96-100(88,89)94-68-76(83)69-95-101(90,91)97-73-78(71-93-80(85)65-59-53-47-43-42-45-51-57-63-75(6)9-3)99-82(87)66-60-54-48-40-36-32-26-23-21-19-17-15-13-11-8-2/h19,21,23,26,74-78,83H,7-18,20,22,24-25,27-73H2,1-6H3,(H,88,89)(H,90,91)/b21-19-,26-23-/t75?,76-,77-,78-/m1/s1. The second-order valence-electron chi connectivity index (χ2n) is 29.5. The summed E-state index contributed by atoms with van der Waals surface area (Å²) < 4.78 is 68.7. The molecule has 3 unspecified atom stereocenters. The zero-order valence-electron chi connectivity index (χ0n) is 65.7. The molecule has 596 valence electrons. The van der Waals surface area contributed by atoms with Crippen molar-refractivity contribution in [2.75, 3.05) is 39.6 Å². The van der Waals surface area contributed by atoms with Crippen molar-refractivity contribution in [3.8, 4) is 0 Å². The molecule has 0 radical (unpaired) electrons. The summed E-state index contributed by atoms with van der Waals surface area (Å²) in [5, 5.41) is 10.6. The van der Waals surface area contributed by atoms with Crippen molar-refractivity contribution in [1.82, 2.24) is 0 Å². The summed E-state index contributed by atoms with van der Waals surface area (Å²) >= 11 is 0. The van der Waals surface area contributed by atoms with Crippen LogP contribution in [0.5, 0.6) is 0 Å². The molecule has 6 atom stereocenters. The van der Waals surface area contributed by atoms with Gasteiger partial charge in [0.25, 0.3) is 0 Å². The lowest BCUT2D eigenvalue weighted by Gasteiger charge is -2.21. The van der Waals surface area contributed by atoms with Crippen molar-refractivity contribution < 1.29 is 80.2 Å². The largest absolute Gasteiger partial charge is 0.472 e. The summed E-state index contributed by atoms with van der Waals surface area (Å²) in [4.78, 5) is 73.1. The van der Waals surface area contributed by atoms with Crippen LogP contribution in [0.1, 0.15) is 408 Å². The molecule has 0 saturated heterocycles. The van der Waals surface area contributed by atoms with E-state index in [1.54, 1.807) is 0 Å². The van der Waals surface area contributed by atoms with Crippen LogP contribution in [0, 0.1) is 11.8 Å². The van der Waals surface area contributed by atoms with E-state index in [2.05, 4.69) is 65.8 Å². The van der Waals surface area contributed by atoms with Gasteiger partial charge in [0.2, 0.25) is 0 Å². The van der Waals surface area contributed by atoms with Crippen LogP contribution in [0.4, 0.5) is 0 Å². The van der Waals surface area contributed by atoms with Gasteiger partial charge >= 0.3 is 39.5 Å². The molecule has 0 rings (SSSR count). The Balaban J connectivity index is 5.30. The van der Waals surface area contributed by atoms with Gasteiger partial charge in [-0.2, -0.15) is 0 Å². The van der Waals surface area contributed by atoms with Gasteiger partial charge in [0.05, 0.1) is 26.4 Å². The molecule has 0 spiro atoms. The van der Waals surface area contributed by atoms with Gasteiger partial charge in [-0.05, 0) is 63.2 Å². The molecule has 0 aromatic heterocycles. The van der Waals surface area contributed by atoms with Crippen molar-refractivity contribution in [3.63, 3.8) is 0 Å². The van der Waals surface area contributed by atoms with Crippen molar-refractivity contribution in [1.29, 1.82) is 0 Å². The zero-order valence-corrected chi connectivity index (χ0v) is 67.5. The van der Waals surface area contributed by atoms with Crippen LogP contribution in [0.2, 0.25) is 0 Å². The van der Waals surface area contributed by atoms with Gasteiger partial charge in [0.1, 0.15) is 19.3 Å². The molecule has 17 nitrogen and oxygen atoms in total. The highest BCUT2D eigenvalue weighted by atomic mass is 31.2. The number of rotatable bonds is 79. The molecular weight excluding hydrogens is 1320 g/mol. The lowest BCUT2D eigenvalue weighted by atomic mass is 9.99. The van der Waals surface area contributed by atoms with Crippen LogP contribution < -0.4 is 0 Å². The van der Waals surface area contributed by atoms with Gasteiger partial charge < -0.3 is 33.8 Å². The number of carbonyl (C=O) groups excluding carboxylic acids is 4. The van der Waals surface area contributed by atoms with Crippen molar-refractivity contribution in [2.45, 2.75) is 426 Å². The predicted molar refractivity (Wildman–Crippen MR) is 414 cm³/mol.